The van der Waals surface area contributed by atoms with Gasteiger partial charge < -0.3 is 10.1 Å². The van der Waals surface area contributed by atoms with Crippen LogP contribution in [0.5, 0.6) is 5.75 Å². The van der Waals surface area contributed by atoms with Gasteiger partial charge >= 0.3 is 0 Å². The summed E-state index contributed by atoms with van der Waals surface area (Å²) in [6.45, 7) is 4.55. The van der Waals surface area contributed by atoms with E-state index in [4.69, 9.17) is 16.3 Å². The summed E-state index contributed by atoms with van der Waals surface area (Å²) in [5, 5.41) is 4.14. The number of hydrogen-bond donors (Lipinski definition) is 1. The molecule has 1 amide bonds. The molecule has 0 radical (unpaired) electrons. The summed E-state index contributed by atoms with van der Waals surface area (Å²) in [5.74, 6) is 0.620. The predicted molar refractivity (Wildman–Crippen MR) is 129 cm³/mol. The molecule has 0 atom stereocenters. The van der Waals surface area contributed by atoms with E-state index in [1.54, 1.807) is 0 Å². The Kier molecular flexibility index (Phi) is 6.44. The van der Waals surface area contributed by atoms with Gasteiger partial charge in [-0.05, 0) is 84.3 Å². The Hall–Kier alpha value is -3.02. The normalized spacial score (nSPS) is 16.0. The monoisotopic (exact) mass is 448 g/mol. The third-order valence-electron chi connectivity index (χ3n) is 4.95. The largest absolute Gasteiger partial charge is 0.489 e. The Morgan fingerprint density at radius 1 is 1.03 bits per heavy atom. The lowest BCUT2D eigenvalue weighted by Crippen LogP contribution is -2.19. The molecule has 1 aliphatic heterocycles. The number of halogens is 1. The van der Waals surface area contributed by atoms with Crippen molar-refractivity contribution >= 4 is 46.2 Å². The van der Waals surface area contributed by atoms with Crippen molar-refractivity contribution in [1.29, 1.82) is 0 Å². The SMILES string of the molecule is Cc1cccc(N=C2NC(=O)C(=Cc3ccc(OCc4ccc(Cl)cc4)cc3)S2)c1C. The standard InChI is InChI=1S/C25H21ClN2O2S/c1-16-4-3-5-22(17(16)2)27-25-28-24(29)23(31-25)14-18-8-12-21(13-9-18)30-15-19-6-10-20(26)11-7-19/h3-14H,15H2,1-2H3,(H,27,28,29). The zero-order chi connectivity index (χ0) is 21.8. The fraction of sp³-hybridized carbons (Fsp3) is 0.120. The fourth-order valence-electron chi connectivity index (χ4n) is 3.01. The Morgan fingerprint density at radius 3 is 2.52 bits per heavy atom. The summed E-state index contributed by atoms with van der Waals surface area (Å²) in [4.78, 5) is 17.6. The number of carbonyl (C=O) groups excluding carboxylic acids is 1. The molecule has 1 aliphatic rings. The molecule has 1 N–H and O–H groups in total. The number of hydrogen-bond acceptors (Lipinski definition) is 4. The smallest absolute Gasteiger partial charge is 0.264 e. The Labute approximate surface area is 191 Å². The van der Waals surface area contributed by atoms with Crippen LogP contribution in [0.25, 0.3) is 6.08 Å². The zero-order valence-corrected chi connectivity index (χ0v) is 18.8. The Bertz CT molecular complexity index is 1170. The molecule has 4 rings (SSSR count). The van der Waals surface area contributed by atoms with Crippen LogP contribution in [0.1, 0.15) is 22.3 Å². The highest BCUT2D eigenvalue weighted by atomic mass is 35.5. The van der Waals surface area contributed by atoms with Gasteiger partial charge in [0, 0.05) is 5.02 Å². The molecule has 1 heterocycles. The predicted octanol–water partition coefficient (Wildman–Crippen LogP) is 6.43. The number of rotatable bonds is 5. The topological polar surface area (TPSA) is 50.7 Å². The lowest BCUT2D eigenvalue weighted by atomic mass is 10.1. The number of thioether (sulfide) groups is 1. The first-order valence-electron chi connectivity index (χ1n) is 9.81. The summed E-state index contributed by atoms with van der Waals surface area (Å²) < 4.78 is 5.81. The van der Waals surface area contributed by atoms with Crippen LogP contribution < -0.4 is 10.1 Å². The average Bonchev–Trinajstić information content (AvgIpc) is 3.10. The van der Waals surface area contributed by atoms with Gasteiger partial charge in [-0.15, -0.1) is 0 Å². The summed E-state index contributed by atoms with van der Waals surface area (Å²) in [6.07, 6.45) is 1.86. The highest BCUT2D eigenvalue weighted by Gasteiger charge is 2.24. The molecule has 3 aromatic carbocycles. The van der Waals surface area contributed by atoms with Gasteiger partial charge in [-0.1, -0.05) is 48.0 Å². The van der Waals surface area contributed by atoms with Gasteiger partial charge in [-0.2, -0.15) is 0 Å². The van der Waals surface area contributed by atoms with Crippen molar-refractivity contribution in [3.63, 3.8) is 0 Å². The zero-order valence-electron chi connectivity index (χ0n) is 17.2. The summed E-state index contributed by atoms with van der Waals surface area (Å²) in [6, 6.07) is 21.2. The maximum absolute atomic E-state index is 12.4. The van der Waals surface area contributed by atoms with E-state index < -0.39 is 0 Å². The van der Waals surface area contributed by atoms with E-state index in [1.807, 2.05) is 86.7 Å². The number of amidine groups is 1. The van der Waals surface area contributed by atoms with Crippen LogP contribution in [0.4, 0.5) is 5.69 Å². The number of carbonyl (C=O) groups is 1. The first-order valence-corrected chi connectivity index (χ1v) is 11.0. The quantitative estimate of drug-likeness (QED) is 0.457. The molecular formula is C25H21ClN2O2S. The number of amides is 1. The maximum Gasteiger partial charge on any atom is 0.264 e. The van der Waals surface area contributed by atoms with E-state index >= 15 is 0 Å². The van der Waals surface area contributed by atoms with Gasteiger partial charge in [0.1, 0.15) is 12.4 Å². The molecule has 4 nitrogen and oxygen atoms in total. The highest BCUT2D eigenvalue weighted by Crippen LogP contribution is 2.30. The molecule has 1 saturated heterocycles. The molecule has 0 spiro atoms. The second-order valence-corrected chi connectivity index (χ2v) is 8.65. The number of aryl methyl sites for hydroxylation is 1. The number of ether oxygens (including phenoxy) is 1. The lowest BCUT2D eigenvalue weighted by Gasteiger charge is -2.06. The van der Waals surface area contributed by atoms with Gasteiger partial charge in [0.2, 0.25) is 0 Å². The number of aliphatic imine (C=N–C) groups is 1. The molecule has 156 valence electrons. The second kappa shape index (κ2) is 9.41. The van der Waals surface area contributed by atoms with Crippen LogP contribution in [0.3, 0.4) is 0 Å². The van der Waals surface area contributed by atoms with Crippen LogP contribution in [-0.4, -0.2) is 11.1 Å². The third-order valence-corrected chi connectivity index (χ3v) is 6.11. The third kappa shape index (κ3) is 5.37. The van der Waals surface area contributed by atoms with Crippen LogP contribution in [0.2, 0.25) is 5.02 Å². The summed E-state index contributed by atoms with van der Waals surface area (Å²) in [7, 11) is 0. The molecule has 1 fully saturated rings. The van der Waals surface area contributed by atoms with Gasteiger partial charge in [-0.3, -0.25) is 4.79 Å². The van der Waals surface area contributed by atoms with Crippen LogP contribution in [0, 0.1) is 13.8 Å². The molecule has 0 aromatic heterocycles. The summed E-state index contributed by atoms with van der Waals surface area (Å²) >= 11 is 7.25. The molecule has 0 saturated carbocycles. The van der Waals surface area contributed by atoms with Gasteiger partial charge in [0.05, 0.1) is 10.6 Å². The van der Waals surface area contributed by atoms with E-state index in [-0.39, 0.29) is 5.91 Å². The van der Waals surface area contributed by atoms with E-state index in [0.717, 1.165) is 28.1 Å². The van der Waals surface area contributed by atoms with Crippen LogP contribution in [-0.2, 0) is 11.4 Å². The molecule has 0 unspecified atom stereocenters. The van der Waals surface area contributed by atoms with Crippen LogP contribution in [0.15, 0.2) is 76.6 Å². The molecular weight excluding hydrogens is 428 g/mol. The van der Waals surface area contributed by atoms with Crippen molar-refractivity contribution in [2.45, 2.75) is 20.5 Å². The van der Waals surface area contributed by atoms with Crippen LogP contribution >= 0.6 is 23.4 Å². The summed E-state index contributed by atoms with van der Waals surface area (Å²) in [5.41, 5.74) is 5.11. The van der Waals surface area contributed by atoms with E-state index in [9.17, 15) is 4.79 Å². The number of benzene rings is 3. The second-order valence-electron chi connectivity index (χ2n) is 7.18. The first kappa shape index (κ1) is 21.2. The van der Waals surface area contributed by atoms with Gasteiger partial charge in [-0.25, -0.2) is 4.99 Å². The van der Waals surface area contributed by atoms with E-state index in [1.165, 1.54) is 17.3 Å². The molecule has 3 aromatic rings. The average molecular weight is 449 g/mol. The first-order chi connectivity index (χ1) is 15.0. The fourth-order valence-corrected chi connectivity index (χ4v) is 3.97. The molecule has 0 bridgehead atoms. The van der Waals surface area contributed by atoms with E-state index in [2.05, 4.69) is 10.3 Å². The van der Waals surface area contributed by atoms with Crippen molar-refractivity contribution in [3.8, 4) is 5.75 Å². The lowest BCUT2D eigenvalue weighted by molar-refractivity contribution is -0.115. The number of nitrogens with one attached hydrogen (secondary N) is 1. The Balaban J connectivity index is 1.42. The minimum Gasteiger partial charge on any atom is -0.489 e. The van der Waals surface area contributed by atoms with Crippen molar-refractivity contribution in [2.75, 3.05) is 0 Å². The Morgan fingerprint density at radius 2 is 1.77 bits per heavy atom. The number of nitrogens with zero attached hydrogens (tertiary/aromatic N) is 1. The van der Waals surface area contributed by atoms with Crippen molar-refractivity contribution in [3.05, 3.63) is 98.9 Å². The van der Waals surface area contributed by atoms with Crippen molar-refractivity contribution in [2.24, 2.45) is 4.99 Å². The highest BCUT2D eigenvalue weighted by molar-refractivity contribution is 8.18. The maximum atomic E-state index is 12.4. The van der Waals surface area contributed by atoms with Crippen molar-refractivity contribution in [1.82, 2.24) is 5.32 Å². The van der Waals surface area contributed by atoms with Gasteiger partial charge in [0.25, 0.3) is 5.91 Å². The van der Waals surface area contributed by atoms with Crippen molar-refractivity contribution < 1.29 is 9.53 Å². The molecule has 6 heteroatoms. The van der Waals surface area contributed by atoms with Gasteiger partial charge in [0.15, 0.2) is 5.17 Å². The molecule has 0 aliphatic carbocycles. The minimum atomic E-state index is -0.142. The molecule has 31 heavy (non-hydrogen) atoms. The van der Waals surface area contributed by atoms with E-state index in [0.29, 0.717) is 21.7 Å². The minimum absolute atomic E-state index is 0.142.